The lowest BCUT2D eigenvalue weighted by molar-refractivity contribution is -0.0498. The van der Waals surface area contributed by atoms with Crippen LogP contribution in [0.4, 0.5) is 14.6 Å². The number of hydrogen-bond acceptors (Lipinski definition) is 5. The van der Waals surface area contributed by atoms with Gasteiger partial charge in [-0.25, -0.2) is 13.4 Å². The molecule has 7 nitrogen and oxygen atoms in total. The van der Waals surface area contributed by atoms with Gasteiger partial charge in [-0.1, -0.05) is 6.07 Å². The van der Waals surface area contributed by atoms with Gasteiger partial charge in [-0.05, 0) is 36.4 Å². The summed E-state index contributed by atoms with van der Waals surface area (Å²) in [5.41, 5.74) is 0. The highest BCUT2D eigenvalue weighted by molar-refractivity contribution is 7.92. The van der Waals surface area contributed by atoms with E-state index in [1.165, 1.54) is 29.1 Å². The van der Waals surface area contributed by atoms with E-state index in [0.717, 1.165) is 12.1 Å². The van der Waals surface area contributed by atoms with Gasteiger partial charge in [0.1, 0.15) is 11.6 Å². The molecule has 0 aliphatic rings. The average Bonchev–Trinajstić information content (AvgIpc) is 3.03. The Balaban J connectivity index is 1.84. The van der Waals surface area contributed by atoms with Crippen LogP contribution in [0.3, 0.4) is 0 Å². The van der Waals surface area contributed by atoms with Crippen molar-refractivity contribution in [1.82, 2.24) is 14.8 Å². The van der Waals surface area contributed by atoms with E-state index in [1.807, 2.05) is 0 Å². The number of nitrogens with one attached hydrogen (secondary N) is 1. The van der Waals surface area contributed by atoms with Crippen molar-refractivity contribution in [2.45, 2.75) is 11.5 Å². The van der Waals surface area contributed by atoms with E-state index < -0.39 is 16.6 Å². The molecule has 0 saturated heterocycles. The van der Waals surface area contributed by atoms with Crippen molar-refractivity contribution in [3.63, 3.8) is 0 Å². The molecule has 1 aromatic carbocycles. The minimum Gasteiger partial charge on any atom is -0.435 e. The van der Waals surface area contributed by atoms with Crippen LogP contribution < -0.4 is 9.46 Å². The molecule has 25 heavy (non-hydrogen) atoms. The molecule has 3 rings (SSSR count). The van der Waals surface area contributed by atoms with Gasteiger partial charge in [-0.3, -0.25) is 4.72 Å². The van der Waals surface area contributed by atoms with Crippen molar-refractivity contribution in [3.8, 4) is 11.6 Å². The number of sulfonamides is 1. The molecule has 0 atom stereocenters. The number of pyridine rings is 1. The van der Waals surface area contributed by atoms with Gasteiger partial charge in [-0.2, -0.15) is 18.6 Å². The molecule has 0 fully saturated rings. The van der Waals surface area contributed by atoms with E-state index in [0.29, 0.717) is 5.82 Å². The molecule has 0 amide bonds. The second kappa shape index (κ2) is 6.85. The molecule has 130 valence electrons. The molecule has 2 aromatic heterocycles. The lowest BCUT2D eigenvalue weighted by atomic mass is 10.3. The van der Waals surface area contributed by atoms with Crippen LogP contribution in [0.1, 0.15) is 0 Å². The second-order valence-corrected chi connectivity index (χ2v) is 6.45. The summed E-state index contributed by atoms with van der Waals surface area (Å²) in [6.45, 7) is -2.98. The summed E-state index contributed by atoms with van der Waals surface area (Å²) in [6.07, 6.45) is 2.98. The summed E-state index contributed by atoms with van der Waals surface area (Å²) in [5.74, 6) is 0.491. The van der Waals surface area contributed by atoms with Crippen molar-refractivity contribution >= 4 is 15.8 Å². The Morgan fingerprint density at radius 3 is 2.44 bits per heavy atom. The number of benzene rings is 1. The Morgan fingerprint density at radius 2 is 1.80 bits per heavy atom. The molecule has 0 aliphatic carbocycles. The number of ether oxygens (including phenoxy) is 1. The highest BCUT2D eigenvalue weighted by Gasteiger charge is 2.18. The molecule has 0 aliphatic heterocycles. The van der Waals surface area contributed by atoms with Crippen LogP contribution in [-0.2, 0) is 10.0 Å². The molecule has 2 heterocycles. The van der Waals surface area contributed by atoms with Crippen molar-refractivity contribution in [1.29, 1.82) is 0 Å². The Labute approximate surface area is 141 Å². The van der Waals surface area contributed by atoms with E-state index in [4.69, 9.17) is 0 Å². The van der Waals surface area contributed by atoms with Gasteiger partial charge in [0, 0.05) is 12.3 Å². The molecule has 10 heteroatoms. The van der Waals surface area contributed by atoms with Crippen LogP contribution in [0.5, 0.6) is 5.75 Å². The second-order valence-electron chi connectivity index (χ2n) is 4.77. The van der Waals surface area contributed by atoms with Crippen LogP contribution in [0.2, 0.25) is 0 Å². The number of hydrogen-bond donors (Lipinski definition) is 1. The fraction of sp³-hybridized carbons (Fsp3) is 0.0667. The number of halogens is 2. The average molecular weight is 366 g/mol. The third-order valence-electron chi connectivity index (χ3n) is 3.11. The number of aromatic nitrogens is 3. The van der Waals surface area contributed by atoms with Gasteiger partial charge in [0.15, 0.2) is 5.82 Å². The smallest absolute Gasteiger partial charge is 0.387 e. The largest absolute Gasteiger partial charge is 0.435 e. The summed E-state index contributed by atoms with van der Waals surface area (Å²) in [4.78, 5) is 3.99. The third kappa shape index (κ3) is 3.91. The zero-order valence-electron chi connectivity index (χ0n) is 12.6. The molecular weight excluding hydrogens is 354 g/mol. The molecular formula is C15H12F2N4O3S. The van der Waals surface area contributed by atoms with Crippen molar-refractivity contribution < 1.29 is 21.9 Å². The van der Waals surface area contributed by atoms with Gasteiger partial charge in [0.25, 0.3) is 10.0 Å². The lowest BCUT2D eigenvalue weighted by Gasteiger charge is -2.10. The fourth-order valence-corrected chi connectivity index (χ4v) is 3.08. The van der Waals surface area contributed by atoms with Crippen molar-refractivity contribution in [3.05, 3.63) is 60.9 Å². The van der Waals surface area contributed by atoms with Crippen LogP contribution in [0.25, 0.3) is 5.82 Å². The summed E-state index contributed by atoms with van der Waals surface area (Å²) < 4.78 is 57.1. The predicted molar refractivity (Wildman–Crippen MR) is 85.2 cm³/mol. The number of alkyl halides is 2. The van der Waals surface area contributed by atoms with E-state index in [1.54, 1.807) is 24.4 Å². The third-order valence-corrected chi connectivity index (χ3v) is 4.48. The summed E-state index contributed by atoms with van der Waals surface area (Å²) in [6, 6.07) is 11.2. The zero-order valence-corrected chi connectivity index (χ0v) is 13.4. The van der Waals surface area contributed by atoms with E-state index in [-0.39, 0.29) is 16.5 Å². The Kier molecular flexibility index (Phi) is 4.61. The Bertz CT molecular complexity index is 944. The lowest BCUT2D eigenvalue weighted by Crippen LogP contribution is -2.16. The fourth-order valence-electron chi connectivity index (χ4n) is 2.04. The standard InChI is InChI=1S/C15H12F2N4O3S/c16-15(17)24-11-4-6-12(7-5-11)25(22,23)20-14-8-10-19-21(14)13-3-1-2-9-18-13/h1-10,15,20H. The highest BCUT2D eigenvalue weighted by Crippen LogP contribution is 2.21. The summed E-state index contributed by atoms with van der Waals surface area (Å²) in [7, 11) is -3.94. The van der Waals surface area contributed by atoms with Gasteiger partial charge in [0.05, 0.1) is 11.1 Å². The first kappa shape index (κ1) is 16.8. The first-order chi connectivity index (χ1) is 12.0. The number of nitrogens with zero attached hydrogens (tertiary/aromatic N) is 3. The molecule has 0 saturated carbocycles. The zero-order chi connectivity index (χ0) is 17.9. The van der Waals surface area contributed by atoms with Crippen LogP contribution >= 0.6 is 0 Å². The molecule has 0 bridgehead atoms. The van der Waals surface area contributed by atoms with E-state index in [2.05, 4.69) is 19.5 Å². The minimum absolute atomic E-state index is 0.108. The van der Waals surface area contributed by atoms with Crippen LogP contribution in [0.15, 0.2) is 65.8 Å². The van der Waals surface area contributed by atoms with Crippen LogP contribution in [-0.4, -0.2) is 29.8 Å². The minimum atomic E-state index is -3.94. The van der Waals surface area contributed by atoms with Gasteiger partial charge in [0.2, 0.25) is 0 Å². The summed E-state index contributed by atoms with van der Waals surface area (Å²) in [5, 5.41) is 4.03. The summed E-state index contributed by atoms with van der Waals surface area (Å²) >= 11 is 0. The molecule has 0 spiro atoms. The first-order valence-corrected chi connectivity index (χ1v) is 8.47. The normalized spacial score (nSPS) is 11.5. The molecule has 0 unspecified atom stereocenters. The SMILES string of the molecule is O=S(=O)(Nc1ccnn1-c1ccccn1)c1ccc(OC(F)F)cc1. The maximum absolute atomic E-state index is 12.5. The molecule has 0 radical (unpaired) electrons. The Morgan fingerprint density at radius 1 is 1.04 bits per heavy atom. The monoisotopic (exact) mass is 366 g/mol. The molecule has 1 N–H and O–H groups in total. The maximum Gasteiger partial charge on any atom is 0.387 e. The van der Waals surface area contributed by atoms with E-state index >= 15 is 0 Å². The maximum atomic E-state index is 12.5. The number of anilines is 1. The highest BCUT2D eigenvalue weighted by atomic mass is 32.2. The topological polar surface area (TPSA) is 86.1 Å². The predicted octanol–water partition coefficient (Wildman–Crippen LogP) is 2.67. The number of rotatable bonds is 6. The van der Waals surface area contributed by atoms with Gasteiger partial charge < -0.3 is 4.74 Å². The van der Waals surface area contributed by atoms with E-state index in [9.17, 15) is 17.2 Å². The first-order valence-electron chi connectivity index (χ1n) is 6.99. The quantitative estimate of drug-likeness (QED) is 0.725. The van der Waals surface area contributed by atoms with Gasteiger partial charge >= 0.3 is 6.61 Å². The van der Waals surface area contributed by atoms with Gasteiger partial charge in [-0.15, -0.1) is 0 Å². The Hall–Kier alpha value is -3.01. The van der Waals surface area contributed by atoms with Crippen molar-refractivity contribution in [2.75, 3.05) is 4.72 Å². The van der Waals surface area contributed by atoms with Crippen molar-refractivity contribution in [2.24, 2.45) is 0 Å². The molecule has 3 aromatic rings. The van der Waals surface area contributed by atoms with Crippen LogP contribution in [0, 0.1) is 0 Å².